The molecule has 8 heteroatoms. The number of rotatable bonds is 7. The number of fused-ring (bicyclic) bond motifs is 1. The zero-order valence-corrected chi connectivity index (χ0v) is 21.3. The molecule has 1 amide bonds. The molecule has 1 aromatic heterocycles. The number of aromatic nitrogens is 2. The van der Waals surface area contributed by atoms with Gasteiger partial charge in [0.15, 0.2) is 5.16 Å². The van der Waals surface area contributed by atoms with E-state index in [9.17, 15) is 14.4 Å². The number of carbonyl (C=O) groups is 2. The second-order valence-corrected chi connectivity index (χ2v) is 9.89. The van der Waals surface area contributed by atoms with Crippen molar-refractivity contribution in [3.8, 4) is 5.69 Å². The molecule has 1 heterocycles. The molecule has 0 aliphatic rings. The van der Waals surface area contributed by atoms with Crippen LogP contribution >= 0.6 is 11.8 Å². The number of nitrogens with one attached hydrogen (secondary N) is 1. The van der Waals surface area contributed by atoms with E-state index in [4.69, 9.17) is 9.72 Å². The van der Waals surface area contributed by atoms with Gasteiger partial charge in [-0.2, -0.15) is 0 Å². The first-order valence-corrected chi connectivity index (χ1v) is 12.4. The highest BCUT2D eigenvalue weighted by molar-refractivity contribution is 8.00. The van der Waals surface area contributed by atoms with Crippen molar-refractivity contribution in [2.45, 2.75) is 37.1 Å². The molecule has 0 bridgehead atoms. The molecule has 0 fully saturated rings. The van der Waals surface area contributed by atoms with Gasteiger partial charge in [0.2, 0.25) is 5.91 Å². The third kappa shape index (κ3) is 5.18. The molecule has 1 atom stereocenters. The second-order valence-electron chi connectivity index (χ2n) is 8.59. The molecule has 3 aromatic carbocycles. The summed E-state index contributed by atoms with van der Waals surface area (Å²) in [6.07, 6.45) is 0. The predicted molar refractivity (Wildman–Crippen MR) is 143 cm³/mol. The van der Waals surface area contributed by atoms with Crippen LogP contribution in [0.15, 0.2) is 82.7 Å². The van der Waals surface area contributed by atoms with E-state index < -0.39 is 11.2 Å². The molecule has 0 aliphatic heterocycles. The Balaban J connectivity index is 1.75. The van der Waals surface area contributed by atoms with E-state index in [1.165, 1.54) is 29.5 Å². The van der Waals surface area contributed by atoms with Gasteiger partial charge in [0.1, 0.15) is 0 Å². The van der Waals surface area contributed by atoms with Gasteiger partial charge in [-0.05, 0) is 54.8 Å². The van der Waals surface area contributed by atoms with Crippen molar-refractivity contribution in [1.82, 2.24) is 9.55 Å². The van der Waals surface area contributed by atoms with Crippen LogP contribution in [-0.4, -0.2) is 33.8 Å². The first-order valence-electron chi connectivity index (χ1n) is 11.6. The number of nitrogens with zero attached hydrogens (tertiary/aromatic N) is 2. The number of para-hydroxylation sites is 2. The fourth-order valence-electron chi connectivity index (χ4n) is 3.85. The number of ether oxygens (including phenoxy) is 1. The van der Waals surface area contributed by atoms with Crippen LogP contribution in [0.1, 0.15) is 42.6 Å². The van der Waals surface area contributed by atoms with Crippen molar-refractivity contribution in [3.63, 3.8) is 0 Å². The summed E-state index contributed by atoms with van der Waals surface area (Å²) in [5.41, 5.74) is 2.80. The molecular formula is C28H27N3O4S. The molecule has 1 N–H and O–H groups in total. The van der Waals surface area contributed by atoms with E-state index in [0.29, 0.717) is 27.3 Å². The number of esters is 1. The van der Waals surface area contributed by atoms with Crippen LogP contribution in [-0.2, 0) is 9.53 Å². The number of hydrogen-bond acceptors (Lipinski definition) is 6. The number of anilines is 1. The highest BCUT2D eigenvalue weighted by Gasteiger charge is 2.22. The second kappa shape index (κ2) is 10.8. The van der Waals surface area contributed by atoms with Gasteiger partial charge >= 0.3 is 5.97 Å². The maximum absolute atomic E-state index is 13.6. The number of hydrogen-bond donors (Lipinski definition) is 1. The van der Waals surface area contributed by atoms with Gasteiger partial charge in [-0.15, -0.1) is 0 Å². The summed E-state index contributed by atoms with van der Waals surface area (Å²) in [5.74, 6) is -0.471. The SMILES string of the molecule is COC(=O)c1ccc2c(=O)n(-c3ccccc3)c(S[C@H](C)C(=O)Nc3ccccc3C(C)C)nc2c1. The molecule has 0 saturated carbocycles. The van der Waals surface area contributed by atoms with Crippen molar-refractivity contribution in [3.05, 3.63) is 94.3 Å². The van der Waals surface area contributed by atoms with Crippen LogP contribution < -0.4 is 10.9 Å². The molecule has 36 heavy (non-hydrogen) atoms. The summed E-state index contributed by atoms with van der Waals surface area (Å²) in [7, 11) is 1.30. The van der Waals surface area contributed by atoms with Gasteiger partial charge in [-0.3, -0.25) is 14.2 Å². The molecule has 0 aliphatic carbocycles. The van der Waals surface area contributed by atoms with Crippen molar-refractivity contribution in [2.75, 3.05) is 12.4 Å². The van der Waals surface area contributed by atoms with Gasteiger partial charge < -0.3 is 10.1 Å². The lowest BCUT2D eigenvalue weighted by atomic mass is 10.0. The summed E-state index contributed by atoms with van der Waals surface area (Å²) in [5, 5.41) is 3.16. The zero-order valence-electron chi connectivity index (χ0n) is 20.5. The summed E-state index contributed by atoms with van der Waals surface area (Å²) < 4.78 is 6.31. The van der Waals surface area contributed by atoms with Crippen LogP contribution in [0.5, 0.6) is 0 Å². The number of methoxy groups -OCH3 is 1. The summed E-state index contributed by atoms with van der Waals surface area (Å²) in [6, 6.07) is 21.5. The van der Waals surface area contributed by atoms with E-state index in [2.05, 4.69) is 19.2 Å². The zero-order chi connectivity index (χ0) is 25.8. The predicted octanol–water partition coefficient (Wildman–Crippen LogP) is 5.42. The van der Waals surface area contributed by atoms with Crippen LogP contribution in [0.3, 0.4) is 0 Å². The molecule has 0 saturated heterocycles. The number of thioether (sulfide) groups is 1. The van der Waals surface area contributed by atoms with E-state index in [0.717, 1.165) is 11.3 Å². The fraction of sp³-hybridized carbons (Fsp3) is 0.214. The Labute approximate surface area is 213 Å². The van der Waals surface area contributed by atoms with Crippen molar-refractivity contribution >= 4 is 40.2 Å². The monoisotopic (exact) mass is 501 g/mol. The summed E-state index contributed by atoms with van der Waals surface area (Å²) >= 11 is 1.18. The van der Waals surface area contributed by atoms with Crippen LogP contribution in [0, 0.1) is 0 Å². The Morgan fingerprint density at radius 3 is 2.36 bits per heavy atom. The lowest BCUT2D eigenvalue weighted by molar-refractivity contribution is -0.115. The van der Waals surface area contributed by atoms with Crippen LogP contribution in [0.25, 0.3) is 16.6 Å². The minimum Gasteiger partial charge on any atom is -0.465 e. The average Bonchev–Trinajstić information content (AvgIpc) is 2.88. The molecule has 0 spiro atoms. The van der Waals surface area contributed by atoms with E-state index >= 15 is 0 Å². The van der Waals surface area contributed by atoms with Crippen molar-refractivity contribution in [1.29, 1.82) is 0 Å². The van der Waals surface area contributed by atoms with Gasteiger partial charge in [-0.25, -0.2) is 9.78 Å². The highest BCUT2D eigenvalue weighted by atomic mass is 32.2. The quantitative estimate of drug-likeness (QED) is 0.207. The Hall–Kier alpha value is -3.91. The maximum atomic E-state index is 13.6. The van der Waals surface area contributed by atoms with Gasteiger partial charge in [0.05, 0.1) is 34.5 Å². The van der Waals surface area contributed by atoms with Gasteiger partial charge in [0.25, 0.3) is 5.56 Å². The average molecular weight is 502 g/mol. The molecular weight excluding hydrogens is 474 g/mol. The summed E-state index contributed by atoms with van der Waals surface area (Å²) in [4.78, 5) is 43.5. The Kier molecular flexibility index (Phi) is 7.55. The minimum atomic E-state index is -0.562. The fourth-order valence-corrected chi connectivity index (χ4v) is 4.78. The third-order valence-corrected chi connectivity index (χ3v) is 6.82. The van der Waals surface area contributed by atoms with Gasteiger partial charge in [-0.1, -0.05) is 62.0 Å². The van der Waals surface area contributed by atoms with E-state index in [-0.39, 0.29) is 17.4 Å². The van der Waals surface area contributed by atoms with E-state index in [1.54, 1.807) is 19.1 Å². The summed E-state index contributed by atoms with van der Waals surface area (Å²) in [6.45, 7) is 5.92. The maximum Gasteiger partial charge on any atom is 0.337 e. The Morgan fingerprint density at radius 2 is 1.67 bits per heavy atom. The molecule has 184 valence electrons. The van der Waals surface area contributed by atoms with Gasteiger partial charge in [0, 0.05) is 5.69 Å². The van der Waals surface area contributed by atoms with Crippen LogP contribution in [0.4, 0.5) is 5.69 Å². The minimum absolute atomic E-state index is 0.203. The van der Waals surface area contributed by atoms with Crippen molar-refractivity contribution < 1.29 is 14.3 Å². The third-order valence-electron chi connectivity index (χ3n) is 5.77. The number of carbonyl (C=O) groups excluding carboxylic acids is 2. The first-order chi connectivity index (χ1) is 17.3. The highest BCUT2D eigenvalue weighted by Crippen LogP contribution is 2.28. The number of amides is 1. The number of benzene rings is 3. The molecule has 4 rings (SSSR count). The Morgan fingerprint density at radius 1 is 0.972 bits per heavy atom. The lowest BCUT2D eigenvalue weighted by Gasteiger charge is -2.18. The molecule has 7 nitrogen and oxygen atoms in total. The molecule has 0 unspecified atom stereocenters. The standard InChI is InChI=1S/C28H27N3O4S/c1-17(2)21-12-8-9-13-23(21)29-25(32)18(3)36-28-30-24-16-19(27(34)35-4)14-15-22(24)26(33)31(28)20-10-6-5-7-11-20/h5-18H,1-4H3,(H,29,32)/t18-/m1/s1. The topological polar surface area (TPSA) is 90.3 Å². The smallest absolute Gasteiger partial charge is 0.337 e. The molecule has 0 radical (unpaired) electrons. The Bertz CT molecular complexity index is 1480. The lowest BCUT2D eigenvalue weighted by Crippen LogP contribution is -2.26. The normalized spacial score (nSPS) is 11.9. The van der Waals surface area contributed by atoms with Crippen molar-refractivity contribution in [2.24, 2.45) is 0 Å². The van der Waals surface area contributed by atoms with Crippen LogP contribution in [0.2, 0.25) is 0 Å². The van der Waals surface area contributed by atoms with E-state index in [1.807, 2.05) is 54.6 Å². The molecule has 4 aromatic rings. The largest absolute Gasteiger partial charge is 0.465 e. The first kappa shape index (κ1) is 25.2.